The number of halogens is 1. The van der Waals surface area contributed by atoms with E-state index in [1.807, 2.05) is 6.92 Å². The molecule has 27 heavy (non-hydrogen) atoms. The average Bonchev–Trinajstić information content (AvgIpc) is 3.36. The Morgan fingerprint density at radius 1 is 1.15 bits per heavy atom. The second-order valence-electron chi connectivity index (χ2n) is 6.25. The first-order chi connectivity index (χ1) is 12.8. The van der Waals surface area contributed by atoms with Crippen molar-refractivity contribution in [3.8, 4) is 0 Å². The molecule has 0 bridgehead atoms. The summed E-state index contributed by atoms with van der Waals surface area (Å²) in [5.74, 6) is -0.494. The van der Waals surface area contributed by atoms with Crippen molar-refractivity contribution in [2.75, 3.05) is 6.61 Å². The number of carbonyl (C=O) groups excluding carboxylic acids is 1. The Hall–Kier alpha value is -2.15. The van der Waals surface area contributed by atoms with Crippen molar-refractivity contribution >= 4 is 27.6 Å². The molecule has 1 fully saturated rings. The molecule has 0 saturated carbocycles. The van der Waals surface area contributed by atoms with Crippen LogP contribution in [0.25, 0.3) is 0 Å². The summed E-state index contributed by atoms with van der Waals surface area (Å²) in [6.45, 7) is 3.88. The van der Waals surface area contributed by atoms with E-state index in [4.69, 9.17) is 16.3 Å². The van der Waals surface area contributed by atoms with E-state index in [1.165, 1.54) is 10.4 Å². The minimum Gasteiger partial charge on any atom is -0.463 e. The zero-order chi connectivity index (χ0) is 19.6. The quantitative estimate of drug-likeness (QED) is 0.415. The van der Waals surface area contributed by atoms with Crippen LogP contribution in [0.3, 0.4) is 0 Å². The highest BCUT2D eigenvalue weighted by molar-refractivity contribution is 7.89. The van der Waals surface area contributed by atoms with Gasteiger partial charge in [-0.25, -0.2) is 13.2 Å². The number of aryl methyl sites for hydroxylation is 1. The van der Waals surface area contributed by atoms with Gasteiger partial charge >= 0.3 is 5.97 Å². The summed E-state index contributed by atoms with van der Waals surface area (Å²) in [4.78, 5) is 11.9. The number of sulfonamides is 1. The molecule has 3 unspecified atom stereocenters. The fourth-order valence-corrected chi connectivity index (χ4v) is 4.78. The number of nitrogens with zero attached hydrogens (tertiary/aromatic N) is 1. The molecule has 0 aromatic heterocycles. The van der Waals surface area contributed by atoms with Crippen molar-refractivity contribution in [2.24, 2.45) is 0 Å². The van der Waals surface area contributed by atoms with Crippen LogP contribution in [0.15, 0.2) is 65.6 Å². The van der Waals surface area contributed by atoms with Crippen molar-refractivity contribution < 1.29 is 17.9 Å². The molecule has 0 spiro atoms. The van der Waals surface area contributed by atoms with Crippen LogP contribution in [-0.2, 0) is 19.6 Å². The first-order valence-electron chi connectivity index (χ1n) is 8.55. The normalized spacial score (nSPS) is 22.0. The van der Waals surface area contributed by atoms with Gasteiger partial charge in [-0.05, 0) is 43.7 Å². The van der Waals surface area contributed by atoms with Gasteiger partial charge in [0.1, 0.15) is 0 Å². The lowest BCUT2D eigenvalue weighted by atomic mass is 10.1. The Morgan fingerprint density at radius 2 is 1.78 bits per heavy atom. The van der Waals surface area contributed by atoms with Crippen molar-refractivity contribution in [3.63, 3.8) is 0 Å². The summed E-state index contributed by atoms with van der Waals surface area (Å²) in [5, 5.41) is 0.575. The van der Waals surface area contributed by atoms with Crippen molar-refractivity contribution in [1.82, 2.24) is 4.31 Å². The first-order valence-corrected chi connectivity index (χ1v) is 10.4. The fourth-order valence-electron chi connectivity index (χ4n) is 2.93. The maximum Gasteiger partial charge on any atom is 0.330 e. The fraction of sp³-hybridized carbons (Fsp3) is 0.250. The minimum absolute atomic E-state index is 0.221. The van der Waals surface area contributed by atoms with Gasteiger partial charge < -0.3 is 4.74 Å². The highest BCUT2D eigenvalue weighted by Gasteiger charge is 2.54. The lowest BCUT2D eigenvalue weighted by Crippen LogP contribution is -2.14. The third-order valence-corrected chi connectivity index (χ3v) is 6.47. The van der Waals surface area contributed by atoms with Gasteiger partial charge in [0.05, 0.1) is 23.6 Å². The van der Waals surface area contributed by atoms with Gasteiger partial charge in [-0.2, -0.15) is 4.31 Å². The molecule has 0 N–H and O–H groups in total. The van der Waals surface area contributed by atoms with E-state index >= 15 is 0 Å². The van der Waals surface area contributed by atoms with Gasteiger partial charge in [-0.15, -0.1) is 0 Å². The van der Waals surface area contributed by atoms with Gasteiger partial charge in [0.25, 0.3) is 0 Å². The van der Waals surface area contributed by atoms with Crippen molar-refractivity contribution in [3.05, 3.63) is 76.8 Å². The van der Waals surface area contributed by atoms with Gasteiger partial charge in [-0.3, -0.25) is 0 Å². The van der Waals surface area contributed by atoms with Gasteiger partial charge in [0.15, 0.2) is 0 Å². The summed E-state index contributed by atoms with van der Waals surface area (Å²) in [7, 11) is -3.70. The Labute approximate surface area is 164 Å². The van der Waals surface area contributed by atoms with Crippen LogP contribution >= 0.6 is 11.6 Å². The molecule has 2 aromatic carbocycles. The number of carbonyl (C=O) groups is 1. The molecule has 1 aliphatic heterocycles. The average molecular weight is 406 g/mol. The van der Waals surface area contributed by atoms with Crippen LogP contribution in [0, 0.1) is 6.92 Å². The van der Waals surface area contributed by atoms with E-state index < -0.39 is 22.0 Å². The zero-order valence-corrected chi connectivity index (χ0v) is 16.6. The SMILES string of the molecule is CCOC(=O)/C=C/C1C(c2ccc(Cl)cc2)N1S(=O)(=O)c1ccc(C)cc1. The molecule has 3 rings (SSSR count). The largest absolute Gasteiger partial charge is 0.463 e. The van der Waals surface area contributed by atoms with Crippen molar-refractivity contribution in [1.29, 1.82) is 0 Å². The second-order valence-corrected chi connectivity index (χ2v) is 8.53. The molecular formula is C20H20ClNO4S. The maximum absolute atomic E-state index is 13.1. The lowest BCUT2D eigenvalue weighted by molar-refractivity contribution is -0.137. The standard InChI is InChI=1S/C20H20ClNO4S/c1-3-26-19(23)13-12-18-20(15-6-8-16(21)9-7-15)22(18)27(24,25)17-10-4-14(2)5-11-17/h4-13,18,20H,3H2,1-2H3/b13-12+. The van der Waals surface area contributed by atoms with E-state index in [0.717, 1.165) is 11.1 Å². The number of hydrogen-bond acceptors (Lipinski definition) is 4. The monoisotopic (exact) mass is 405 g/mol. The first kappa shape index (κ1) is 19.6. The Bertz CT molecular complexity index is 952. The van der Waals surface area contributed by atoms with Gasteiger partial charge in [0, 0.05) is 11.1 Å². The van der Waals surface area contributed by atoms with Gasteiger partial charge in [-0.1, -0.05) is 47.5 Å². The number of esters is 1. The predicted octanol–water partition coefficient (Wildman–Crippen LogP) is 3.88. The Kier molecular flexibility index (Phi) is 5.69. The number of benzene rings is 2. The number of rotatable bonds is 6. The third kappa shape index (κ3) is 4.24. The van der Waals surface area contributed by atoms with Crippen LogP contribution < -0.4 is 0 Å². The minimum atomic E-state index is -3.70. The molecule has 0 radical (unpaired) electrons. The Morgan fingerprint density at radius 3 is 2.37 bits per heavy atom. The van der Waals surface area contributed by atoms with Crippen LogP contribution in [0.2, 0.25) is 5.02 Å². The molecule has 1 saturated heterocycles. The third-order valence-electron chi connectivity index (χ3n) is 4.33. The number of ether oxygens (including phenoxy) is 1. The second kappa shape index (κ2) is 7.84. The molecule has 7 heteroatoms. The summed E-state index contributed by atoms with van der Waals surface area (Å²) >= 11 is 5.94. The molecular weight excluding hydrogens is 386 g/mol. The van der Waals surface area contributed by atoms with Crippen LogP contribution in [0.4, 0.5) is 0 Å². The zero-order valence-electron chi connectivity index (χ0n) is 15.0. The van der Waals surface area contributed by atoms with E-state index in [0.29, 0.717) is 5.02 Å². The molecule has 3 atom stereocenters. The topological polar surface area (TPSA) is 63.5 Å². The molecule has 1 heterocycles. The molecule has 2 aromatic rings. The van der Waals surface area contributed by atoms with E-state index in [1.54, 1.807) is 61.5 Å². The van der Waals surface area contributed by atoms with E-state index in [-0.39, 0.29) is 17.5 Å². The lowest BCUT2D eigenvalue weighted by Gasteiger charge is -2.07. The number of hydrogen-bond donors (Lipinski definition) is 0. The smallest absolute Gasteiger partial charge is 0.330 e. The predicted molar refractivity (Wildman–Crippen MR) is 104 cm³/mol. The summed E-state index contributed by atoms with van der Waals surface area (Å²) < 4.78 is 32.4. The van der Waals surface area contributed by atoms with Crippen LogP contribution in [0.5, 0.6) is 0 Å². The molecule has 1 aliphatic rings. The van der Waals surface area contributed by atoms with Crippen LogP contribution in [0.1, 0.15) is 24.1 Å². The van der Waals surface area contributed by atoms with Crippen LogP contribution in [-0.4, -0.2) is 31.3 Å². The van der Waals surface area contributed by atoms with Crippen molar-refractivity contribution in [2.45, 2.75) is 30.8 Å². The molecule has 5 nitrogen and oxygen atoms in total. The summed E-state index contributed by atoms with van der Waals surface area (Å²) in [5.41, 5.74) is 1.79. The summed E-state index contributed by atoms with van der Waals surface area (Å²) in [6, 6.07) is 12.9. The highest BCUT2D eigenvalue weighted by Crippen LogP contribution is 2.48. The van der Waals surface area contributed by atoms with E-state index in [9.17, 15) is 13.2 Å². The molecule has 0 amide bonds. The Balaban J connectivity index is 1.93. The molecule has 0 aliphatic carbocycles. The summed E-state index contributed by atoms with van der Waals surface area (Å²) in [6.07, 6.45) is 2.85. The molecule has 142 valence electrons. The maximum atomic E-state index is 13.1. The van der Waals surface area contributed by atoms with E-state index in [2.05, 4.69) is 0 Å². The van der Waals surface area contributed by atoms with Gasteiger partial charge in [0.2, 0.25) is 10.0 Å². The highest BCUT2D eigenvalue weighted by atomic mass is 35.5.